The minimum absolute atomic E-state index is 0.0689. The Morgan fingerprint density at radius 1 is 1.27 bits per heavy atom. The molecule has 5 rings (SSSR count). The average molecular weight is 447 g/mol. The van der Waals surface area contributed by atoms with Gasteiger partial charge in [0.1, 0.15) is 11.4 Å². The van der Waals surface area contributed by atoms with E-state index in [0.717, 1.165) is 41.5 Å². The second-order valence-electron chi connectivity index (χ2n) is 7.36. The summed E-state index contributed by atoms with van der Waals surface area (Å²) < 4.78 is 17.4. The summed E-state index contributed by atoms with van der Waals surface area (Å²) in [5.74, 6) is 0.645. The third-order valence-corrected chi connectivity index (χ3v) is 6.87. The molecular formula is C21H19ClN2O5S. The van der Waals surface area contributed by atoms with E-state index in [9.17, 15) is 9.59 Å². The number of thiophene rings is 1. The summed E-state index contributed by atoms with van der Waals surface area (Å²) in [6.45, 7) is 0.422. The van der Waals surface area contributed by atoms with Crippen molar-refractivity contribution >= 4 is 39.1 Å². The number of halogens is 1. The lowest BCUT2D eigenvalue weighted by molar-refractivity contribution is -0.145. The van der Waals surface area contributed by atoms with Crippen molar-refractivity contribution in [1.82, 2.24) is 9.55 Å². The van der Waals surface area contributed by atoms with Crippen molar-refractivity contribution in [2.45, 2.75) is 45.3 Å². The lowest BCUT2D eigenvalue weighted by atomic mass is 9.97. The molecule has 0 atom stereocenters. The molecule has 9 heteroatoms. The van der Waals surface area contributed by atoms with Gasteiger partial charge in [-0.25, -0.2) is 4.98 Å². The number of hydrogen-bond acceptors (Lipinski definition) is 7. The smallest absolute Gasteiger partial charge is 0.307 e. The number of esters is 1. The molecular weight excluding hydrogens is 428 g/mol. The zero-order chi connectivity index (χ0) is 20.7. The molecule has 0 saturated carbocycles. The van der Waals surface area contributed by atoms with Crippen molar-refractivity contribution < 1.29 is 19.0 Å². The number of carbonyl (C=O) groups is 1. The largest absolute Gasteiger partial charge is 0.461 e. The number of aryl methyl sites for hydroxylation is 3. The molecule has 0 amide bonds. The van der Waals surface area contributed by atoms with E-state index in [1.54, 1.807) is 23.5 Å². The first-order valence-corrected chi connectivity index (χ1v) is 11.0. The standard InChI is InChI=1S/C21H19ClN2O5S/c22-14-7-12(8-15-19(14)29-11-28-15)9-27-17(25)5-6-24-10-23-20-18(21(24)26)13-3-1-2-4-16(13)30-20/h7-8,10H,1-6,9,11H2. The first-order chi connectivity index (χ1) is 14.6. The highest BCUT2D eigenvalue weighted by atomic mass is 35.5. The first-order valence-electron chi connectivity index (χ1n) is 9.83. The summed E-state index contributed by atoms with van der Waals surface area (Å²) >= 11 is 7.76. The third kappa shape index (κ3) is 3.54. The van der Waals surface area contributed by atoms with Gasteiger partial charge in [-0.3, -0.25) is 14.2 Å². The van der Waals surface area contributed by atoms with Crippen LogP contribution in [0.4, 0.5) is 0 Å². The number of benzene rings is 1. The first kappa shape index (κ1) is 19.4. The number of hydrogen-bond donors (Lipinski definition) is 0. The van der Waals surface area contributed by atoms with Crippen LogP contribution < -0.4 is 15.0 Å². The van der Waals surface area contributed by atoms with Crippen LogP contribution in [0.25, 0.3) is 10.2 Å². The minimum atomic E-state index is -0.400. The molecule has 0 radical (unpaired) electrons. The quantitative estimate of drug-likeness (QED) is 0.554. The molecule has 0 bridgehead atoms. The summed E-state index contributed by atoms with van der Waals surface area (Å²) in [6.07, 6.45) is 5.81. The van der Waals surface area contributed by atoms with Gasteiger partial charge in [-0.2, -0.15) is 0 Å². The molecule has 0 fully saturated rings. The topological polar surface area (TPSA) is 79.7 Å². The third-order valence-electron chi connectivity index (χ3n) is 5.39. The van der Waals surface area contributed by atoms with E-state index in [4.69, 9.17) is 25.8 Å². The van der Waals surface area contributed by atoms with E-state index < -0.39 is 5.97 Å². The van der Waals surface area contributed by atoms with Crippen LogP contribution in [0, 0.1) is 0 Å². The Balaban J connectivity index is 1.24. The molecule has 156 valence electrons. The van der Waals surface area contributed by atoms with Crippen LogP contribution in [0.3, 0.4) is 0 Å². The van der Waals surface area contributed by atoms with Crippen LogP contribution in [0.15, 0.2) is 23.3 Å². The summed E-state index contributed by atoms with van der Waals surface area (Å²) in [4.78, 5) is 31.7. The zero-order valence-electron chi connectivity index (χ0n) is 16.1. The summed E-state index contributed by atoms with van der Waals surface area (Å²) in [6, 6.07) is 3.42. The van der Waals surface area contributed by atoms with Gasteiger partial charge in [0.25, 0.3) is 5.56 Å². The van der Waals surface area contributed by atoms with Gasteiger partial charge in [0.05, 0.1) is 23.2 Å². The van der Waals surface area contributed by atoms with Crippen LogP contribution in [0.2, 0.25) is 5.02 Å². The van der Waals surface area contributed by atoms with Crippen molar-refractivity contribution in [1.29, 1.82) is 0 Å². The van der Waals surface area contributed by atoms with Crippen molar-refractivity contribution in [2.24, 2.45) is 0 Å². The molecule has 2 aliphatic rings. The molecule has 1 aliphatic carbocycles. The Labute approximate surface area is 181 Å². The van der Waals surface area contributed by atoms with E-state index in [0.29, 0.717) is 22.1 Å². The highest BCUT2D eigenvalue weighted by molar-refractivity contribution is 7.18. The Hall–Kier alpha value is -2.58. The molecule has 1 aliphatic heterocycles. The fourth-order valence-electron chi connectivity index (χ4n) is 3.89. The number of carbonyl (C=O) groups excluding carboxylic acids is 1. The summed E-state index contributed by atoms with van der Waals surface area (Å²) in [7, 11) is 0. The predicted molar refractivity (Wildman–Crippen MR) is 113 cm³/mol. The number of aromatic nitrogens is 2. The molecule has 30 heavy (non-hydrogen) atoms. The van der Waals surface area contributed by atoms with E-state index in [1.807, 2.05) is 0 Å². The van der Waals surface area contributed by atoms with Crippen LogP contribution in [0.1, 0.15) is 35.3 Å². The second-order valence-corrected chi connectivity index (χ2v) is 8.85. The maximum atomic E-state index is 12.9. The molecule has 2 aromatic heterocycles. The summed E-state index contributed by atoms with van der Waals surface area (Å²) in [5, 5.41) is 1.14. The van der Waals surface area contributed by atoms with Crippen LogP contribution in [-0.2, 0) is 35.5 Å². The van der Waals surface area contributed by atoms with Crippen molar-refractivity contribution in [2.75, 3.05) is 6.79 Å². The molecule has 3 heterocycles. The maximum Gasteiger partial charge on any atom is 0.307 e. The lowest BCUT2D eigenvalue weighted by Gasteiger charge is -2.10. The molecule has 3 aromatic rings. The van der Waals surface area contributed by atoms with E-state index >= 15 is 0 Å². The van der Waals surface area contributed by atoms with Crippen molar-refractivity contribution in [3.63, 3.8) is 0 Å². The zero-order valence-corrected chi connectivity index (χ0v) is 17.7. The molecule has 0 saturated heterocycles. The minimum Gasteiger partial charge on any atom is -0.461 e. The second kappa shape index (κ2) is 7.92. The monoisotopic (exact) mass is 446 g/mol. The van der Waals surface area contributed by atoms with Gasteiger partial charge in [-0.05, 0) is 48.9 Å². The van der Waals surface area contributed by atoms with Gasteiger partial charge in [0.2, 0.25) is 6.79 Å². The Morgan fingerprint density at radius 2 is 2.13 bits per heavy atom. The highest BCUT2D eigenvalue weighted by Gasteiger charge is 2.21. The van der Waals surface area contributed by atoms with Crippen molar-refractivity contribution in [3.8, 4) is 11.5 Å². The Morgan fingerprint density at radius 3 is 3.03 bits per heavy atom. The Bertz CT molecular complexity index is 1200. The van der Waals surface area contributed by atoms with E-state index in [1.165, 1.54) is 15.8 Å². The van der Waals surface area contributed by atoms with Gasteiger partial charge >= 0.3 is 5.97 Å². The van der Waals surface area contributed by atoms with Crippen LogP contribution in [-0.4, -0.2) is 22.3 Å². The molecule has 0 N–H and O–H groups in total. The Kier molecular flexibility index (Phi) is 5.12. The van der Waals surface area contributed by atoms with Gasteiger partial charge in [0.15, 0.2) is 11.5 Å². The summed E-state index contributed by atoms with van der Waals surface area (Å²) in [5.41, 5.74) is 1.79. The lowest BCUT2D eigenvalue weighted by Crippen LogP contribution is -2.23. The van der Waals surface area contributed by atoms with E-state index in [-0.39, 0.29) is 31.9 Å². The van der Waals surface area contributed by atoms with Gasteiger partial charge in [-0.1, -0.05) is 11.6 Å². The van der Waals surface area contributed by atoms with E-state index in [2.05, 4.69) is 4.98 Å². The SMILES string of the molecule is O=C(CCn1cnc2sc3c(c2c1=O)CCCC3)OCc1cc(Cl)c2c(c1)OCO2. The fourth-order valence-corrected chi connectivity index (χ4v) is 5.40. The van der Waals surface area contributed by atoms with Gasteiger partial charge in [-0.15, -0.1) is 11.3 Å². The number of nitrogens with zero attached hydrogens (tertiary/aromatic N) is 2. The number of fused-ring (bicyclic) bond motifs is 4. The van der Waals surface area contributed by atoms with Crippen molar-refractivity contribution in [3.05, 3.63) is 49.8 Å². The van der Waals surface area contributed by atoms with Gasteiger partial charge < -0.3 is 14.2 Å². The van der Waals surface area contributed by atoms with Gasteiger partial charge in [0, 0.05) is 11.4 Å². The molecule has 1 aromatic carbocycles. The molecule has 7 nitrogen and oxygen atoms in total. The number of ether oxygens (including phenoxy) is 3. The van der Waals surface area contributed by atoms with Crippen LogP contribution >= 0.6 is 22.9 Å². The highest BCUT2D eigenvalue weighted by Crippen LogP contribution is 2.40. The normalized spacial score (nSPS) is 14.7. The maximum absolute atomic E-state index is 12.9. The number of rotatable bonds is 5. The fraction of sp³-hybridized carbons (Fsp3) is 0.381. The van der Waals surface area contributed by atoms with Crippen LogP contribution in [0.5, 0.6) is 11.5 Å². The predicted octanol–water partition coefficient (Wildman–Crippen LogP) is 3.85. The molecule has 0 spiro atoms. The molecule has 0 unspecified atom stereocenters. The average Bonchev–Trinajstić information content (AvgIpc) is 3.36.